The summed E-state index contributed by atoms with van der Waals surface area (Å²) in [5.41, 5.74) is 1.03. The molecule has 4 rings (SSSR count). The molecule has 0 saturated heterocycles. The fourth-order valence-electron chi connectivity index (χ4n) is 3.37. The van der Waals surface area contributed by atoms with Crippen LogP contribution in [0.1, 0.15) is 15.9 Å². The van der Waals surface area contributed by atoms with Gasteiger partial charge in [0.15, 0.2) is 5.78 Å². The molecule has 8 heteroatoms. The predicted molar refractivity (Wildman–Crippen MR) is 125 cm³/mol. The van der Waals surface area contributed by atoms with E-state index in [1.54, 1.807) is 47.0 Å². The number of halogens is 1. The van der Waals surface area contributed by atoms with Crippen LogP contribution in [0.15, 0.2) is 82.5 Å². The van der Waals surface area contributed by atoms with Crippen molar-refractivity contribution in [2.45, 2.75) is 6.54 Å². The van der Waals surface area contributed by atoms with Gasteiger partial charge < -0.3 is 14.6 Å². The van der Waals surface area contributed by atoms with Crippen LogP contribution in [0, 0.1) is 0 Å². The van der Waals surface area contributed by atoms with Crippen LogP contribution in [0.4, 0.5) is 5.69 Å². The highest BCUT2D eigenvalue weighted by Gasteiger charge is 2.18. The van der Waals surface area contributed by atoms with E-state index in [2.05, 4.69) is 26.2 Å². The van der Waals surface area contributed by atoms with Crippen molar-refractivity contribution in [1.82, 2.24) is 9.55 Å². The molecule has 0 aliphatic carbocycles. The molecule has 0 saturated carbocycles. The first-order valence-electron chi connectivity index (χ1n) is 9.67. The number of amides is 1. The average Bonchev–Trinajstić information content (AvgIpc) is 2.80. The normalized spacial score (nSPS) is 10.7. The zero-order valence-electron chi connectivity index (χ0n) is 17.0. The zero-order valence-corrected chi connectivity index (χ0v) is 18.6. The standard InChI is InChI=1S/C24H18BrN3O4/c1-32-18-5-6-19-21(12-18)28(14-22(29)27-17-4-2-3-16(25)11-17)13-20(24(19)31)23(30)15-7-9-26-10-8-15/h2-13H,14H2,1H3,(H,27,29). The number of pyridine rings is 2. The van der Waals surface area contributed by atoms with E-state index in [0.717, 1.165) is 4.47 Å². The zero-order chi connectivity index (χ0) is 22.7. The van der Waals surface area contributed by atoms with Crippen molar-refractivity contribution < 1.29 is 14.3 Å². The van der Waals surface area contributed by atoms with Crippen LogP contribution in [-0.2, 0) is 11.3 Å². The summed E-state index contributed by atoms with van der Waals surface area (Å²) in [7, 11) is 1.52. The van der Waals surface area contributed by atoms with Crippen LogP contribution >= 0.6 is 15.9 Å². The summed E-state index contributed by atoms with van der Waals surface area (Å²) in [6.07, 6.45) is 4.40. The van der Waals surface area contributed by atoms with E-state index >= 15 is 0 Å². The molecule has 7 nitrogen and oxygen atoms in total. The largest absolute Gasteiger partial charge is 0.497 e. The molecule has 0 unspecified atom stereocenters. The summed E-state index contributed by atoms with van der Waals surface area (Å²) in [4.78, 5) is 42.8. The van der Waals surface area contributed by atoms with Gasteiger partial charge in [0, 0.05) is 45.8 Å². The van der Waals surface area contributed by atoms with Crippen LogP contribution in [0.2, 0.25) is 0 Å². The molecule has 0 radical (unpaired) electrons. The first-order valence-corrected chi connectivity index (χ1v) is 10.5. The lowest BCUT2D eigenvalue weighted by atomic mass is 10.0. The Morgan fingerprint density at radius 2 is 1.88 bits per heavy atom. The number of anilines is 1. The molecular weight excluding hydrogens is 474 g/mol. The molecule has 0 spiro atoms. The van der Waals surface area contributed by atoms with E-state index in [9.17, 15) is 14.4 Å². The van der Waals surface area contributed by atoms with Gasteiger partial charge in [0.05, 0.1) is 18.2 Å². The highest BCUT2D eigenvalue weighted by molar-refractivity contribution is 9.10. The molecule has 4 aromatic rings. The molecule has 0 bridgehead atoms. The fraction of sp³-hybridized carbons (Fsp3) is 0.0833. The molecule has 0 aliphatic rings. The van der Waals surface area contributed by atoms with Crippen LogP contribution in [0.5, 0.6) is 5.75 Å². The molecule has 0 fully saturated rings. The number of hydrogen-bond donors (Lipinski definition) is 1. The lowest BCUT2D eigenvalue weighted by Gasteiger charge is -2.14. The third-order valence-corrected chi connectivity index (χ3v) is 5.39. The number of carbonyl (C=O) groups excluding carboxylic acids is 2. The van der Waals surface area contributed by atoms with Crippen molar-refractivity contribution in [2.24, 2.45) is 0 Å². The van der Waals surface area contributed by atoms with Crippen molar-refractivity contribution in [2.75, 3.05) is 12.4 Å². The molecule has 2 aromatic carbocycles. The maximum Gasteiger partial charge on any atom is 0.244 e. The van der Waals surface area contributed by atoms with Crippen molar-refractivity contribution >= 4 is 44.2 Å². The second kappa shape index (κ2) is 9.15. The molecule has 2 aromatic heterocycles. The maximum absolute atomic E-state index is 13.1. The predicted octanol–water partition coefficient (Wildman–Crippen LogP) is 4.04. The Bertz CT molecular complexity index is 1380. The van der Waals surface area contributed by atoms with Crippen molar-refractivity contribution in [3.8, 4) is 5.75 Å². The summed E-state index contributed by atoms with van der Waals surface area (Å²) < 4.78 is 7.70. The Kier molecular flexibility index (Phi) is 6.13. The van der Waals surface area contributed by atoms with Gasteiger partial charge in [0.2, 0.25) is 11.3 Å². The number of carbonyl (C=O) groups is 2. The number of hydrogen-bond acceptors (Lipinski definition) is 5. The van der Waals surface area contributed by atoms with Gasteiger partial charge >= 0.3 is 0 Å². The molecule has 1 amide bonds. The Morgan fingerprint density at radius 3 is 2.59 bits per heavy atom. The second-order valence-corrected chi connectivity index (χ2v) is 7.92. The van der Waals surface area contributed by atoms with Crippen molar-refractivity contribution in [3.63, 3.8) is 0 Å². The van der Waals surface area contributed by atoms with Crippen LogP contribution in [-0.4, -0.2) is 28.4 Å². The first-order chi connectivity index (χ1) is 15.5. The summed E-state index contributed by atoms with van der Waals surface area (Å²) in [6, 6.07) is 15.2. The van der Waals surface area contributed by atoms with Crippen LogP contribution in [0.25, 0.3) is 10.9 Å². The SMILES string of the molecule is COc1ccc2c(=O)c(C(=O)c3ccncc3)cn(CC(=O)Nc3cccc(Br)c3)c2c1. The quantitative estimate of drug-likeness (QED) is 0.411. The number of nitrogens with zero attached hydrogens (tertiary/aromatic N) is 2. The first kappa shape index (κ1) is 21.5. The number of fused-ring (bicyclic) bond motifs is 1. The Labute approximate surface area is 191 Å². The number of nitrogens with one attached hydrogen (secondary N) is 1. The van der Waals surface area contributed by atoms with Crippen LogP contribution < -0.4 is 15.5 Å². The van der Waals surface area contributed by atoms with E-state index in [-0.39, 0.29) is 18.0 Å². The third-order valence-electron chi connectivity index (χ3n) is 4.90. The van der Waals surface area contributed by atoms with E-state index in [0.29, 0.717) is 27.9 Å². The van der Waals surface area contributed by atoms with E-state index in [4.69, 9.17) is 4.74 Å². The Morgan fingerprint density at radius 1 is 1.09 bits per heavy atom. The topological polar surface area (TPSA) is 90.3 Å². The van der Waals surface area contributed by atoms with E-state index < -0.39 is 11.2 Å². The molecule has 1 N–H and O–H groups in total. The summed E-state index contributed by atoms with van der Waals surface area (Å²) in [5.74, 6) is -0.208. The number of rotatable bonds is 6. The number of aromatic nitrogens is 2. The van der Waals surface area contributed by atoms with Gasteiger partial charge in [0.1, 0.15) is 12.3 Å². The highest BCUT2D eigenvalue weighted by atomic mass is 79.9. The summed E-state index contributed by atoms with van der Waals surface area (Å²) >= 11 is 3.38. The smallest absolute Gasteiger partial charge is 0.244 e. The monoisotopic (exact) mass is 491 g/mol. The van der Waals surface area contributed by atoms with Gasteiger partial charge in [-0.1, -0.05) is 22.0 Å². The molecule has 2 heterocycles. The molecule has 0 aliphatic heterocycles. The summed E-state index contributed by atoms with van der Waals surface area (Å²) in [6.45, 7) is -0.104. The van der Waals surface area contributed by atoms with Crippen molar-refractivity contribution in [1.29, 1.82) is 0 Å². The Balaban J connectivity index is 1.78. The number of ether oxygens (including phenoxy) is 1. The number of benzene rings is 2. The molecule has 0 atom stereocenters. The highest BCUT2D eigenvalue weighted by Crippen LogP contribution is 2.21. The minimum absolute atomic E-state index is 0.0240. The Hall–Kier alpha value is -3.78. The maximum atomic E-state index is 13.1. The van der Waals surface area contributed by atoms with E-state index in [1.807, 2.05) is 12.1 Å². The molecule has 32 heavy (non-hydrogen) atoms. The molecular formula is C24H18BrN3O4. The fourth-order valence-corrected chi connectivity index (χ4v) is 3.77. The lowest BCUT2D eigenvalue weighted by Crippen LogP contribution is -2.24. The van der Waals surface area contributed by atoms with Gasteiger partial charge in [-0.3, -0.25) is 19.4 Å². The second-order valence-electron chi connectivity index (χ2n) is 7.01. The minimum Gasteiger partial charge on any atom is -0.497 e. The number of methoxy groups -OCH3 is 1. The summed E-state index contributed by atoms with van der Waals surface area (Å²) in [5, 5.41) is 3.15. The number of ketones is 1. The van der Waals surface area contributed by atoms with Gasteiger partial charge in [-0.15, -0.1) is 0 Å². The van der Waals surface area contributed by atoms with Crippen molar-refractivity contribution in [3.05, 3.63) is 99.0 Å². The average molecular weight is 492 g/mol. The lowest BCUT2D eigenvalue weighted by molar-refractivity contribution is -0.116. The van der Waals surface area contributed by atoms with Gasteiger partial charge in [-0.05, 0) is 42.5 Å². The van der Waals surface area contributed by atoms with Crippen LogP contribution in [0.3, 0.4) is 0 Å². The van der Waals surface area contributed by atoms with Gasteiger partial charge in [0.25, 0.3) is 0 Å². The van der Waals surface area contributed by atoms with E-state index in [1.165, 1.54) is 25.7 Å². The van der Waals surface area contributed by atoms with Gasteiger partial charge in [-0.2, -0.15) is 0 Å². The third kappa shape index (κ3) is 4.45. The molecule has 160 valence electrons. The minimum atomic E-state index is -0.434. The van der Waals surface area contributed by atoms with Gasteiger partial charge in [-0.25, -0.2) is 0 Å².